The predicted octanol–water partition coefficient (Wildman–Crippen LogP) is -0.693. The molecule has 0 aromatic rings. The van der Waals surface area contributed by atoms with E-state index >= 15 is 0 Å². The highest BCUT2D eigenvalue weighted by Crippen LogP contribution is 1.88. The first kappa shape index (κ1) is 11.9. The van der Waals surface area contributed by atoms with Crippen molar-refractivity contribution in [3.05, 3.63) is 0 Å². The Kier molecular flexibility index (Phi) is 4.42. The summed E-state index contributed by atoms with van der Waals surface area (Å²) in [5.41, 5.74) is 0. The molecule has 0 heterocycles. The van der Waals surface area contributed by atoms with Crippen molar-refractivity contribution < 1.29 is 13.2 Å². The van der Waals surface area contributed by atoms with E-state index in [4.69, 9.17) is 5.26 Å². The summed E-state index contributed by atoms with van der Waals surface area (Å²) in [6.45, 7) is 1.82. The Balaban J connectivity index is 3.86. The Bertz CT molecular complexity index is 315. The summed E-state index contributed by atoms with van der Waals surface area (Å²) in [4.78, 5) is 10.9. The van der Waals surface area contributed by atoms with Crippen LogP contribution in [-0.2, 0) is 14.6 Å². The van der Waals surface area contributed by atoms with Crippen LogP contribution >= 0.6 is 0 Å². The zero-order chi connectivity index (χ0) is 10.5. The highest BCUT2D eigenvalue weighted by Gasteiger charge is 2.10. The van der Waals surface area contributed by atoms with Crippen LogP contribution in [-0.4, -0.2) is 32.9 Å². The monoisotopic (exact) mass is 204 g/mol. The van der Waals surface area contributed by atoms with Gasteiger partial charge in [0.05, 0.1) is 12.0 Å². The topological polar surface area (TPSA) is 87.0 Å². The van der Waals surface area contributed by atoms with Gasteiger partial charge in [0.25, 0.3) is 0 Å². The van der Waals surface area contributed by atoms with Crippen LogP contribution in [0.5, 0.6) is 0 Å². The van der Waals surface area contributed by atoms with E-state index in [0.29, 0.717) is 0 Å². The quantitative estimate of drug-likeness (QED) is 0.656. The summed E-state index contributed by atoms with van der Waals surface area (Å²) in [5, 5.41) is 10.7. The van der Waals surface area contributed by atoms with Crippen LogP contribution in [0.4, 0.5) is 0 Å². The molecule has 0 radical (unpaired) electrons. The maximum Gasteiger partial charge on any atom is 0.235 e. The minimum absolute atomic E-state index is 0.185. The average Bonchev–Trinajstić information content (AvgIpc) is 1.97. The fraction of sp³-hybridized carbons (Fsp3) is 0.714. The molecule has 0 aliphatic heterocycles. The first-order chi connectivity index (χ1) is 5.85. The molecule has 0 saturated heterocycles. The van der Waals surface area contributed by atoms with Gasteiger partial charge in [-0.05, 0) is 6.92 Å². The van der Waals surface area contributed by atoms with Crippen LogP contribution in [0.15, 0.2) is 0 Å². The molecule has 0 aliphatic rings. The molecule has 6 heteroatoms. The Morgan fingerprint density at radius 1 is 1.62 bits per heavy atom. The van der Waals surface area contributed by atoms with E-state index < -0.39 is 21.5 Å². The van der Waals surface area contributed by atoms with Gasteiger partial charge in [-0.15, -0.1) is 0 Å². The van der Waals surface area contributed by atoms with Crippen LogP contribution in [0.25, 0.3) is 0 Å². The van der Waals surface area contributed by atoms with Gasteiger partial charge in [-0.1, -0.05) is 0 Å². The zero-order valence-corrected chi connectivity index (χ0v) is 8.39. The lowest BCUT2D eigenvalue weighted by atomic mass is 10.2. The van der Waals surface area contributed by atoms with E-state index in [1.165, 1.54) is 0 Å². The lowest BCUT2D eigenvalue weighted by molar-refractivity contribution is -0.118. The van der Waals surface area contributed by atoms with E-state index in [9.17, 15) is 13.2 Å². The number of rotatable bonds is 4. The highest BCUT2D eigenvalue weighted by atomic mass is 32.2. The Labute approximate surface area is 77.7 Å². The van der Waals surface area contributed by atoms with Gasteiger partial charge in [-0.3, -0.25) is 4.79 Å². The van der Waals surface area contributed by atoms with Gasteiger partial charge in [-0.25, -0.2) is 8.42 Å². The summed E-state index contributed by atoms with van der Waals surface area (Å²) in [6.07, 6.45) is 0.986. The van der Waals surface area contributed by atoms with Gasteiger partial charge in [0.15, 0.2) is 9.84 Å². The number of hydrogen-bond donors (Lipinski definition) is 1. The van der Waals surface area contributed by atoms with Crippen LogP contribution in [0.1, 0.15) is 6.92 Å². The van der Waals surface area contributed by atoms with Crippen molar-refractivity contribution in [3.8, 4) is 6.07 Å². The predicted molar refractivity (Wildman–Crippen MR) is 47.5 cm³/mol. The second kappa shape index (κ2) is 4.82. The molecular weight excluding hydrogens is 192 g/mol. The third-order valence-corrected chi connectivity index (χ3v) is 2.01. The zero-order valence-electron chi connectivity index (χ0n) is 7.57. The van der Waals surface area contributed by atoms with E-state index in [1.54, 1.807) is 6.92 Å². The molecule has 0 bridgehead atoms. The first-order valence-corrected chi connectivity index (χ1v) is 5.75. The molecule has 0 rings (SSSR count). The summed E-state index contributed by atoms with van der Waals surface area (Å²) in [5.74, 6) is -1.39. The molecule has 0 aromatic heterocycles. The summed E-state index contributed by atoms with van der Waals surface area (Å²) in [6, 6.07) is 1.92. The first-order valence-electron chi connectivity index (χ1n) is 3.69. The minimum atomic E-state index is -3.27. The van der Waals surface area contributed by atoms with E-state index in [0.717, 1.165) is 6.26 Å². The number of carbonyl (C=O) groups is 1. The van der Waals surface area contributed by atoms with Crippen LogP contribution in [0.3, 0.4) is 0 Å². The van der Waals surface area contributed by atoms with Gasteiger partial charge in [0.2, 0.25) is 5.91 Å². The lowest BCUT2D eigenvalue weighted by Crippen LogP contribution is -2.32. The van der Waals surface area contributed by atoms with Crippen LogP contribution in [0.2, 0.25) is 0 Å². The maximum atomic E-state index is 10.9. The van der Waals surface area contributed by atoms with Gasteiger partial charge in [0.1, 0.15) is 5.75 Å². The van der Waals surface area contributed by atoms with Crippen molar-refractivity contribution in [2.24, 2.45) is 5.92 Å². The van der Waals surface area contributed by atoms with Crippen molar-refractivity contribution in [3.63, 3.8) is 0 Å². The van der Waals surface area contributed by atoms with Gasteiger partial charge >= 0.3 is 0 Å². The number of nitriles is 1. The number of carbonyl (C=O) groups excluding carboxylic acids is 1. The number of hydrogen-bond acceptors (Lipinski definition) is 4. The molecule has 1 N–H and O–H groups in total. The summed E-state index contributed by atoms with van der Waals surface area (Å²) < 4.78 is 21.3. The van der Waals surface area contributed by atoms with Crippen LogP contribution in [0, 0.1) is 17.2 Å². The summed E-state index contributed by atoms with van der Waals surface area (Å²) in [7, 11) is -3.27. The molecule has 5 nitrogen and oxygen atoms in total. The largest absolute Gasteiger partial charge is 0.354 e. The molecule has 1 atom stereocenters. The molecule has 0 saturated carbocycles. The Morgan fingerprint density at radius 3 is 2.54 bits per heavy atom. The maximum absolute atomic E-state index is 10.9. The third kappa shape index (κ3) is 7.28. The van der Waals surface area contributed by atoms with Gasteiger partial charge in [0, 0.05) is 12.8 Å². The van der Waals surface area contributed by atoms with Crippen molar-refractivity contribution in [1.29, 1.82) is 5.26 Å². The molecule has 0 spiro atoms. The minimum Gasteiger partial charge on any atom is -0.354 e. The second-order valence-electron chi connectivity index (χ2n) is 2.90. The fourth-order valence-corrected chi connectivity index (χ4v) is 1.18. The number of amides is 1. The van der Waals surface area contributed by atoms with Crippen molar-refractivity contribution >= 4 is 15.7 Å². The molecule has 13 heavy (non-hydrogen) atoms. The average molecular weight is 204 g/mol. The van der Waals surface area contributed by atoms with Gasteiger partial charge in [-0.2, -0.15) is 5.26 Å². The third-order valence-electron chi connectivity index (χ3n) is 1.22. The second-order valence-corrected chi connectivity index (χ2v) is 5.04. The Hall–Kier alpha value is -1.09. The molecule has 0 fully saturated rings. The number of nitrogens with one attached hydrogen (secondary N) is 1. The van der Waals surface area contributed by atoms with E-state index in [2.05, 4.69) is 5.32 Å². The molecule has 74 valence electrons. The lowest BCUT2D eigenvalue weighted by Gasteiger charge is -2.04. The number of nitrogens with zero attached hydrogens (tertiary/aromatic N) is 1. The number of sulfone groups is 1. The Morgan fingerprint density at radius 2 is 2.15 bits per heavy atom. The molecule has 0 aliphatic carbocycles. The molecule has 1 unspecified atom stereocenters. The molecule has 0 aromatic carbocycles. The summed E-state index contributed by atoms with van der Waals surface area (Å²) >= 11 is 0. The molecule has 1 amide bonds. The highest BCUT2D eigenvalue weighted by molar-refractivity contribution is 7.91. The van der Waals surface area contributed by atoms with Crippen molar-refractivity contribution in [2.45, 2.75) is 6.92 Å². The standard InChI is InChI=1S/C7H12N2O3S/c1-6(3-8)4-9-7(10)5-13(2,11)12/h6H,4-5H2,1-2H3,(H,9,10). The SMILES string of the molecule is CC(C#N)CNC(=O)CS(C)(=O)=O. The van der Waals surface area contributed by atoms with E-state index in [-0.39, 0.29) is 12.5 Å². The fourth-order valence-electron chi connectivity index (χ4n) is 0.602. The molecular formula is C7H12N2O3S. The van der Waals surface area contributed by atoms with Crippen molar-refractivity contribution in [2.75, 3.05) is 18.6 Å². The van der Waals surface area contributed by atoms with Crippen molar-refractivity contribution in [1.82, 2.24) is 5.32 Å². The smallest absolute Gasteiger partial charge is 0.235 e. The van der Waals surface area contributed by atoms with E-state index in [1.807, 2.05) is 6.07 Å². The van der Waals surface area contributed by atoms with Crippen LogP contribution < -0.4 is 5.32 Å². The van der Waals surface area contributed by atoms with Gasteiger partial charge < -0.3 is 5.32 Å². The normalized spacial score (nSPS) is 13.0.